The first-order valence-electron chi connectivity index (χ1n) is 6.82. The fourth-order valence-electron chi connectivity index (χ4n) is 1.96. The fourth-order valence-corrected chi connectivity index (χ4v) is 3.08. The summed E-state index contributed by atoms with van der Waals surface area (Å²) in [6.07, 6.45) is 2.58. The normalized spacial score (nSPS) is 18.5. The standard InChI is InChI=1S/C13H20N6OS/c1-2-16-13(20)19-11-5-10(14)9(6-17-11)12(15)18-8-3-4-21-7-8/h5-6,8H,2-4,7H2,1H3,(H2,15,18)(H4,14,16,17,19,20). The minimum absolute atomic E-state index is 0.252. The number of amides is 2. The van der Waals surface area contributed by atoms with Gasteiger partial charge < -0.3 is 16.8 Å². The number of aliphatic imine (C=N–C) groups is 1. The highest BCUT2D eigenvalue weighted by atomic mass is 32.2. The molecule has 2 amide bonds. The highest BCUT2D eigenvalue weighted by molar-refractivity contribution is 7.99. The molecule has 0 spiro atoms. The van der Waals surface area contributed by atoms with E-state index in [9.17, 15) is 4.79 Å². The number of anilines is 2. The zero-order chi connectivity index (χ0) is 15.2. The summed E-state index contributed by atoms with van der Waals surface area (Å²) in [5, 5.41) is 5.22. The Bertz CT molecular complexity index is 541. The molecule has 6 N–H and O–H groups in total. The van der Waals surface area contributed by atoms with Gasteiger partial charge in [0.1, 0.15) is 11.7 Å². The van der Waals surface area contributed by atoms with E-state index in [0.29, 0.717) is 29.4 Å². The number of carbonyl (C=O) groups is 1. The number of rotatable bonds is 4. The fraction of sp³-hybridized carbons (Fsp3) is 0.462. The third kappa shape index (κ3) is 4.25. The van der Waals surface area contributed by atoms with Gasteiger partial charge in [-0.15, -0.1) is 0 Å². The van der Waals surface area contributed by atoms with Gasteiger partial charge in [0.05, 0.1) is 11.6 Å². The van der Waals surface area contributed by atoms with Gasteiger partial charge in [-0.1, -0.05) is 0 Å². The molecule has 1 atom stereocenters. The summed E-state index contributed by atoms with van der Waals surface area (Å²) in [6.45, 7) is 2.38. The summed E-state index contributed by atoms with van der Waals surface area (Å²) in [7, 11) is 0. The van der Waals surface area contributed by atoms with Crippen molar-refractivity contribution in [2.45, 2.75) is 19.4 Å². The maximum Gasteiger partial charge on any atom is 0.320 e. The number of pyridine rings is 1. The second kappa shape index (κ2) is 7.16. The molecule has 1 aliphatic rings. The number of urea groups is 1. The Hall–Kier alpha value is -1.96. The molecule has 1 fully saturated rings. The Morgan fingerprint density at radius 1 is 1.62 bits per heavy atom. The van der Waals surface area contributed by atoms with Crippen molar-refractivity contribution in [1.82, 2.24) is 10.3 Å². The zero-order valence-corrected chi connectivity index (χ0v) is 12.7. The van der Waals surface area contributed by atoms with Crippen LogP contribution in [0.3, 0.4) is 0 Å². The number of amidine groups is 1. The summed E-state index contributed by atoms with van der Waals surface area (Å²) in [6, 6.07) is 1.51. The van der Waals surface area contributed by atoms with Crippen molar-refractivity contribution in [3.63, 3.8) is 0 Å². The Morgan fingerprint density at radius 2 is 2.43 bits per heavy atom. The van der Waals surface area contributed by atoms with Crippen molar-refractivity contribution < 1.29 is 4.79 Å². The first kappa shape index (κ1) is 15.4. The second-order valence-electron chi connectivity index (χ2n) is 4.67. The minimum atomic E-state index is -0.318. The summed E-state index contributed by atoms with van der Waals surface area (Å²) < 4.78 is 0. The smallest absolute Gasteiger partial charge is 0.320 e. The Kier molecular flexibility index (Phi) is 5.26. The topological polar surface area (TPSA) is 118 Å². The van der Waals surface area contributed by atoms with Crippen molar-refractivity contribution in [3.8, 4) is 0 Å². The van der Waals surface area contributed by atoms with E-state index < -0.39 is 0 Å². The van der Waals surface area contributed by atoms with Gasteiger partial charge in [0.25, 0.3) is 0 Å². The number of carbonyl (C=O) groups excluding carboxylic acids is 1. The molecule has 1 aliphatic heterocycles. The van der Waals surface area contributed by atoms with Crippen molar-refractivity contribution in [2.24, 2.45) is 10.7 Å². The lowest BCUT2D eigenvalue weighted by molar-refractivity contribution is 0.252. The molecule has 1 saturated heterocycles. The summed E-state index contributed by atoms with van der Waals surface area (Å²) >= 11 is 1.87. The van der Waals surface area contributed by atoms with Gasteiger partial charge in [0.15, 0.2) is 0 Å². The SMILES string of the molecule is CCNC(=O)Nc1cc(N)c(C(N)=NC2CCSC2)cn1. The number of hydrogen-bond donors (Lipinski definition) is 4. The van der Waals surface area contributed by atoms with Crippen molar-refractivity contribution in [2.75, 3.05) is 29.1 Å². The average molecular weight is 308 g/mol. The molecule has 8 heteroatoms. The van der Waals surface area contributed by atoms with Gasteiger partial charge in [0.2, 0.25) is 0 Å². The number of thioether (sulfide) groups is 1. The maximum absolute atomic E-state index is 11.4. The summed E-state index contributed by atoms with van der Waals surface area (Å²) in [5.41, 5.74) is 13.0. The predicted octanol–water partition coefficient (Wildman–Crippen LogP) is 1.02. The number of nitrogen functional groups attached to an aromatic ring is 1. The highest BCUT2D eigenvalue weighted by Gasteiger charge is 2.16. The molecule has 0 aliphatic carbocycles. The van der Waals surface area contributed by atoms with E-state index in [0.717, 1.165) is 17.9 Å². The number of nitrogens with zero attached hydrogens (tertiary/aromatic N) is 2. The average Bonchev–Trinajstić information content (AvgIpc) is 2.91. The molecule has 0 radical (unpaired) electrons. The number of aromatic nitrogens is 1. The Balaban J connectivity index is 2.09. The van der Waals surface area contributed by atoms with Crippen LogP contribution in [0.15, 0.2) is 17.3 Å². The van der Waals surface area contributed by atoms with E-state index in [4.69, 9.17) is 11.5 Å². The molecular formula is C13H20N6OS. The van der Waals surface area contributed by atoms with Crippen LogP contribution in [0, 0.1) is 0 Å². The van der Waals surface area contributed by atoms with Crippen LogP contribution in [0.25, 0.3) is 0 Å². The van der Waals surface area contributed by atoms with E-state index in [-0.39, 0.29) is 12.1 Å². The third-order valence-electron chi connectivity index (χ3n) is 3.02. The van der Waals surface area contributed by atoms with E-state index in [1.54, 1.807) is 6.07 Å². The van der Waals surface area contributed by atoms with Gasteiger partial charge in [-0.25, -0.2) is 9.78 Å². The van der Waals surface area contributed by atoms with Gasteiger partial charge in [0, 0.05) is 30.2 Å². The maximum atomic E-state index is 11.4. The molecule has 1 unspecified atom stereocenters. The lowest BCUT2D eigenvalue weighted by Gasteiger charge is -2.10. The summed E-state index contributed by atoms with van der Waals surface area (Å²) in [5.74, 6) is 2.89. The molecule has 2 heterocycles. The van der Waals surface area contributed by atoms with Gasteiger partial charge in [-0.3, -0.25) is 10.3 Å². The molecule has 114 valence electrons. The lowest BCUT2D eigenvalue weighted by Crippen LogP contribution is -2.28. The quantitative estimate of drug-likeness (QED) is 0.489. The van der Waals surface area contributed by atoms with Crippen LogP contribution in [0.4, 0.5) is 16.3 Å². The van der Waals surface area contributed by atoms with Gasteiger partial charge in [-0.2, -0.15) is 11.8 Å². The van der Waals surface area contributed by atoms with Crippen molar-refractivity contribution in [3.05, 3.63) is 17.8 Å². The van der Waals surface area contributed by atoms with Crippen molar-refractivity contribution in [1.29, 1.82) is 0 Å². The predicted molar refractivity (Wildman–Crippen MR) is 87.8 cm³/mol. The third-order valence-corrected chi connectivity index (χ3v) is 4.16. The van der Waals surface area contributed by atoms with Crippen LogP contribution in [-0.2, 0) is 0 Å². The molecule has 7 nitrogen and oxygen atoms in total. The summed E-state index contributed by atoms with van der Waals surface area (Å²) in [4.78, 5) is 20.0. The van der Waals surface area contributed by atoms with Crippen LogP contribution in [0.5, 0.6) is 0 Å². The van der Waals surface area contributed by atoms with Crippen LogP contribution in [0.2, 0.25) is 0 Å². The lowest BCUT2D eigenvalue weighted by atomic mass is 10.2. The van der Waals surface area contributed by atoms with Gasteiger partial charge in [-0.05, 0) is 19.1 Å². The zero-order valence-electron chi connectivity index (χ0n) is 11.9. The first-order valence-corrected chi connectivity index (χ1v) is 7.97. The molecule has 0 aromatic carbocycles. The van der Waals surface area contributed by atoms with E-state index in [1.807, 2.05) is 18.7 Å². The van der Waals surface area contributed by atoms with E-state index in [1.165, 1.54) is 6.20 Å². The molecule has 0 saturated carbocycles. The molecule has 21 heavy (non-hydrogen) atoms. The highest BCUT2D eigenvalue weighted by Crippen LogP contribution is 2.21. The van der Waals surface area contributed by atoms with E-state index >= 15 is 0 Å². The number of hydrogen-bond acceptors (Lipinski definition) is 5. The first-order chi connectivity index (χ1) is 10.1. The molecular weight excluding hydrogens is 288 g/mol. The molecule has 0 bridgehead atoms. The molecule has 2 rings (SSSR count). The Morgan fingerprint density at radius 3 is 3.05 bits per heavy atom. The van der Waals surface area contributed by atoms with Crippen molar-refractivity contribution >= 4 is 35.1 Å². The number of nitrogens with two attached hydrogens (primary N) is 2. The van der Waals surface area contributed by atoms with Crippen LogP contribution >= 0.6 is 11.8 Å². The van der Waals surface area contributed by atoms with Crippen LogP contribution in [0.1, 0.15) is 18.9 Å². The van der Waals surface area contributed by atoms with E-state index in [2.05, 4.69) is 20.6 Å². The van der Waals surface area contributed by atoms with Crippen LogP contribution < -0.4 is 22.1 Å². The number of nitrogens with one attached hydrogen (secondary N) is 2. The monoisotopic (exact) mass is 308 g/mol. The van der Waals surface area contributed by atoms with Gasteiger partial charge >= 0.3 is 6.03 Å². The van der Waals surface area contributed by atoms with Crippen LogP contribution in [-0.4, -0.2) is 40.9 Å². The minimum Gasteiger partial charge on any atom is -0.398 e. The molecule has 1 aromatic heterocycles. The Labute approximate surface area is 128 Å². The second-order valence-corrected chi connectivity index (χ2v) is 5.82. The molecule has 1 aromatic rings. The largest absolute Gasteiger partial charge is 0.398 e.